The number of nitrogens with one attached hydrogen (secondary N) is 1. The SMILES string of the molecule is CCCCNC(=O)[C@H](C)N(Cc1ccccc1C)C(=O)Cc1ccc(C)c(C)c1. The highest BCUT2D eigenvalue weighted by Crippen LogP contribution is 2.17. The molecule has 0 saturated carbocycles. The second-order valence-corrected chi connectivity index (χ2v) is 7.86. The molecule has 156 valence electrons. The van der Waals surface area contributed by atoms with Crippen LogP contribution in [0.1, 0.15) is 54.5 Å². The Morgan fingerprint density at radius 3 is 2.38 bits per heavy atom. The average Bonchev–Trinajstić information content (AvgIpc) is 2.69. The molecule has 2 aromatic carbocycles. The Balaban J connectivity index is 2.22. The minimum Gasteiger partial charge on any atom is -0.354 e. The third-order valence-electron chi connectivity index (χ3n) is 5.53. The van der Waals surface area contributed by atoms with Gasteiger partial charge >= 0.3 is 0 Å². The number of carbonyl (C=O) groups excluding carboxylic acids is 2. The number of rotatable bonds is 9. The van der Waals surface area contributed by atoms with Crippen molar-refractivity contribution in [3.63, 3.8) is 0 Å². The maximum atomic E-state index is 13.2. The van der Waals surface area contributed by atoms with Gasteiger partial charge in [0.15, 0.2) is 0 Å². The van der Waals surface area contributed by atoms with E-state index >= 15 is 0 Å². The Hall–Kier alpha value is -2.62. The number of unbranched alkanes of at least 4 members (excludes halogenated alkanes) is 1. The van der Waals surface area contributed by atoms with Crippen molar-refractivity contribution in [1.82, 2.24) is 10.2 Å². The maximum absolute atomic E-state index is 13.2. The standard InChI is InChI=1S/C25H34N2O2/c1-6-7-14-26-25(29)21(5)27(17-23-11-9-8-10-19(23)3)24(28)16-22-13-12-18(2)20(4)15-22/h8-13,15,21H,6-7,14,16-17H2,1-5H3,(H,26,29)/t21-/m0/s1. The molecule has 0 aliphatic carbocycles. The normalized spacial score (nSPS) is 11.8. The van der Waals surface area contributed by atoms with E-state index in [2.05, 4.69) is 32.2 Å². The van der Waals surface area contributed by atoms with Crippen LogP contribution in [0.15, 0.2) is 42.5 Å². The second kappa shape index (κ2) is 10.8. The number of hydrogen-bond donors (Lipinski definition) is 1. The summed E-state index contributed by atoms with van der Waals surface area (Å²) in [5.41, 5.74) is 5.54. The highest BCUT2D eigenvalue weighted by Gasteiger charge is 2.26. The lowest BCUT2D eigenvalue weighted by atomic mass is 10.0. The minimum absolute atomic E-state index is 0.0327. The van der Waals surface area contributed by atoms with Gasteiger partial charge in [-0.3, -0.25) is 9.59 Å². The summed E-state index contributed by atoms with van der Waals surface area (Å²) < 4.78 is 0. The Bertz CT molecular complexity index is 844. The Morgan fingerprint density at radius 2 is 1.72 bits per heavy atom. The van der Waals surface area contributed by atoms with Crippen LogP contribution >= 0.6 is 0 Å². The minimum atomic E-state index is -0.523. The number of amides is 2. The smallest absolute Gasteiger partial charge is 0.242 e. The van der Waals surface area contributed by atoms with Crippen LogP contribution < -0.4 is 5.32 Å². The highest BCUT2D eigenvalue weighted by atomic mass is 16.2. The maximum Gasteiger partial charge on any atom is 0.242 e. The first kappa shape index (κ1) is 22.7. The summed E-state index contributed by atoms with van der Waals surface area (Å²) in [6.07, 6.45) is 2.25. The first-order chi connectivity index (χ1) is 13.8. The molecule has 2 rings (SSSR count). The highest BCUT2D eigenvalue weighted by molar-refractivity contribution is 5.88. The van der Waals surface area contributed by atoms with Crippen molar-refractivity contribution >= 4 is 11.8 Å². The van der Waals surface area contributed by atoms with Crippen LogP contribution in [-0.4, -0.2) is 29.3 Å². The van der Waals surface area contributed by atoms with Crippen molar-refractivity contribution in [2.75, 3.05) is 6.54 Å². The zero-order valence-corrected chi connectivity index (χ0v) is 18.4. The zero-order chi connectivity index (χ0) is 21.4. The largest absolute Gasteiger partial charge is 0.354 e. The molecule has 4 heteroatoms. The number of carbonyl (C=O) groups is 2. The summed E-state index contributed by atoms with van der Waals surface area (Å²) in [4.78, 5) is 27.6. The van der Waals surface area contributed by atoms with E-state index in [4.69, 9.17) is 0 Å². The van der Waals surface area contributed by atoms with Gasteiger partial charge in [-0.2, -0.15) is 0 Å². The molecule has 0 fully saturated rings. The fraction of sp³-hybridized carbons (Fsp3) is 0.440. The van der Waals surface area contributed by atoms with Gasteiger partial charge in [0.1, 0.15) is 6.04 Å². The molecule has 0 unspecified atom stereocenters. The zero-order valence-electron chi connectivity index (χ0n) is 18.4. The van der Waals surface area contributed by atoms with E-state index in [0.29, 0.717) is 19.5 Å². The molecule has 0 bridgehead atoms. The van der Waals surface area contributed by atoms with Crippen molar-refractivity contribution in [3.8, 4) is 0 Å². The van der Waals surface area contributed by atoms with Gasteiger partial charge in [0.2, 0.25) is 11.8 Å². The van der Waals surface area contributed by atoms with Crippen LogP contribution in [0.2, 0.25) is 0 Å². The van der Waals surface area contributed by atoms with Crippen LogP contribution in [0, 0.1) is 20.8 Å². The van der Waals surface area contributed by atoms with Crippen LogP contribution in [0.3, 0.4) is 0 Å². The molecule has 0 spiro atoms. The second-order valence-electron chi connectivity index (χ2n) is 7.86. The molecule has 0 aliphatic heterocycles. The lowest BCUT2D eigenvalue weighted by Gasteiger charge is -2.29. The first-order valence-corrected chi connectivity index (χ1v) is 10.5. The summed E-state index contributed by atoms with van der Waals surface area (Å²) in [6, 6.07) is 13.6. The quantitative estimate of drug-likeness (QED) is 0.637. The van der Waals surface area contributed by atoms with Crippen LogP contribution in [0.5, 0.6) is 0 Å². The molecule has 2 aromatic rings. The number of nitrogens with zero attached hydrogens (tertiary/aromatic N) is 1. The van der Waals surface area contributed by atoms with E-state index in [1.54, 1.807) is 4.90 Å². The molecule has 1 atom stereocenters. The third kappa shape index (κ3) is 6.45. The molecule has 29 heavy (non-hydrogen) atoms. The molecular weight excluding hydrogens is 360 g/mol. The van der Waals surface area contributed by atoms with Crippen LogP contribution in [0.4, 0.5) is 0 Å². The molecule has 0 saturated heterocycles. The molecule has 4 nitrogen and oxygen atoms in total. The predicted octanol–water partition coefficient (Wildman–Crippen LogP) is 4.49. The monoisotopic (exact) mass is 394 g/mol. The van der Waals surface area contributed by atoms with Gasteiger partial charge < -0.3 is 10.2 Å². The predicted molar refractivity (Wildman–Crippen MR) is 119 cm³/mol. The van der Waals surface area contributed by atoms with Crippen molar-refractivity contribution in [2.45, 2.75) is 66.5 Å². The average molecular weight is 395 g/mol. The molecular formula is C25H34N2O2. The summed E-state index contributed by atoms with van der Waals surface area (Å²) in [6.45, 7) is 11.1. The van der Waals surface area contributed by atoms with Gasteiger partial charge in [0.25, 0.3) is 0 Å². The molecule has 0 aromatic heterocycles. The Kier molecular flexibility index (Phi) is 8.44. The van der Waals surface area contributed by atoms with Crippen molar-refractivity contribution < 1.29 is 9.59 Å². The van der Waals surface area contributed by atoms with Gasteiger partial charge in [-0.1, -0.05) is 55.8 Å². The lowest BCUT2D eigenvalue weighted by molar-refractivity contribution is -0.140. The summed E-state index contributed by atoms with van der Waals surface area (Å²) in [5.74, 6) is -0.130. The van der Waals surface area contributed by atoms with Gasteiger partial charge in [0.05, 0.1) is 6.42 Å². The van der Waals surface area contributed by atoms with Crippen molar-refractivity contribution in [2.24, 2.45) is 0 Å². The van der Waals surface area contributed by atoms with E-state index in [1.807, 2.05) is 50.2 Å². The Morgan fingerprint density at radius 1 is 1.00 bits per heavy atom. The summed E-state index contributed by atoms with van der Waals surface area (Å²) in [5, 5.41) is 2.97. The summed E-state index contributed by atoms with van der Waals surface area (Å²) >= 11 is 0. The fourth-order valence-corrected chi connectivity index (χ4v) is 3.28. The van der Waals surface area contributed by atoms with Gasteiger partial charge in [0, 0.05) is 13.1 Å². The number of hydrogen-bond acceptors (Lipinski definition) is 2. The van der Waals surface area contributed by atoms with E-state index in [-0.39, 0.29) is 11.8 Å². The number of benzene rings is 2. The van der Waals surface area contributed by atoms with Gasteiger partial charge in [-0.05, 0) is 61.9 Å². The van der Waals surface area contributed by atoms with E-state index < -0.39 is 6.04 Å². The Labute approximate surface area is 175 Å². The van der Waals surface area contributed by atoms with Crippen molar-refractivity contribution in [3.05, 3.63) is 70.3 Å². The number of aryl methyl sites for hydroxylation is 3. The van der Waals surface area contributed by atoms with Gasteiger partial charge in [-0.25, -0.2) is 0 Å². The van der Waals surface area contributed by atoms with Crippen LogP contribution in [0.25, 0.3) is 0 Å². The fourth-order valence-electron chi connectivity index (χ4n) is 3.28. The molecule has 2 amide bonds. The van der Waals surface area contributed by atoms with Crippen molar-refractivity contribution in [1.29, 1.82) is 0 Å². The molecule has 0 radical (unpaired) electrons. The van der Waals surface area contributed by atoms with E-state index in [1.165, 1.54) is 11.1 Å². The molecule has 0 heterocycles. The topological polar surface area (TPSA) is 49.4 Å². The molecule has 0 aliphatic rings. The van der Waals surface area contributed by atoms with Crippen LogP contribution in [-0.2, 0) is 22.6 Å². The van der Waals surface area contributed by atoms with E-state index in [9.17, 15) is 9.59 Å². The first-order valence-electron chi connectivity index (χ1n) is 10.5. The van der Waals surface area contributed by atoms with Gasteiger partial charge in [-0.15, -0.1) is 0 Å². The third-order valence-corrected chi connectivity index (χ3v) is 5.53. The van der Waals surface area contributed by atoms with E-state index in [0.717, 1.165) is 29.5 Å². The molecule has 1 N–H and O–H groups in total. The lowest BCUT2D eigenvalue weighted by Crippen LogP contribution is -2.48. The summed E-state index contributed by atoms with van der Waals surface area (Å²) in [7, 11) is 0.